The molecule has 5 rings (SSSR count). The third-order valence-electron chi connectivity index (χ3n) is 5.98. The lowest BCUT2D eigenvalue weighted by molar-refractivity contribution is -0.120. The minimum absolute atomic E-state index is 0.337. The molecule has 2 amide bonds. The Labute approximate surface area is 192 Å². The summed E-state index contributed by atoms with van der Waals surface area (Å²) in [6.07, 6.45) is 0.816. The largest absolute Gasteiger partial charge is 0.497 e. The molecule has 0 bridgehead atoms. The van der Waals surface area contributed by atoms with Crippen molar-refractivity contribution in [2.75, 3.05) is 30.1 Å². The molecule has 0 radical (unpaired) electrons. The molecule has 2 aliphatic heterocycles. The number of imide groups is 1. The van der Waals surface area contributed by atoms with Crippen molar-refractivity contribution in [3.05, 3.63) is 89.6 Å². The van der Waals surface area contributed by atoms with E-state index in [1.165, 1.54) is 4.90 Å². The van der Waals surface area contributed by atoms with E-state index in [0.29, 0.717) is 47.2 Å². The lowest BCUT2D eigenvalue weighted by atomic mass is 10.0. The molecule has 2 aliphatic rings. The molecule has 0 N–H and O–H groups in total. The lowest BCUT2D eigenvalue weighted by Gasteiger charge is -2.22. The van der Waals surface area contributed by atoms with Crippen LogP contribution in [0.4, 0.5) is 11.4 Å². The first-order chi connectivity index (χ1) is 16.1. The number of hydrogen-bond donors (Lipinski definition) is 0. The summed E-state index contributed by atoms with van der Waals surface area (Å²) in [6.45, 7) is 3.03. The molecule has 0 spiro atoms. The van der Waals surface area contributed by atoms with E-state index in [4.69, 9.17) is 9.47 Å². The van der Waals surface area contributed by atoms with Crippen LogP contribution in [0, 0.1) is 0 Å². The standard InChI is InChI=1S/C27H24N2O4/c1-3-33-22-9-6-8-20(17-22)29-26(30)24(19-11-13-21(32-2)14-12-19)25(27(29)31)28-16-15-18-7-4-5-10-23(18)28/h4-14,17H,3,15-16H2,1-2H3. The van der Waals surface area contributed by atoms with Crippen LogP contribution in [0.1, 0.15) is 18.1 Å². The van der Waals surface area contributed by atoms with Crippen LogP contribution in [-0.2, 0) is 16.0 Å². The van der Waals surface area contributed by atoms with Crippen LogP contribution in [-0.4, -0.2) is 32.1 Å². The smallest absolute Gasteiger partial charge is 0.282 e. The number of hydrogen-bond acceptors (Lipinski definition) is 5. The second kappa shape index (κ2) is 8.47. The monoisotopic (exact) mass is 440 g/mol. The number of fused-ring (bicyclic) bond motifs is 1. The maximum absolute atomic E-state index is 13.8. The molecule has 6 heteroatoms. The van der Waals surface area contributed by atoms with Crippen molar-refractivity contribution in [3.63, 3.8) is 0 Å². The van der Waals surface area contributed by atoms with Crippen molar-refractivity contribution in [2.45, 2.75) is 13.3 Å². The predicted molar refractivity (Wildman–Crippen MR) is 128 cm³/mol. The van der Waals surface area contributed by atoms with E-state index < -0.39 is 0 Å². The Morgan fingerprint density at radius 3 is 2.42 bits per heavy atom. The van der Waals surface area contributed by atoms with Gasteiger partial charge in [0.15, 0.2) is 0 Å². The number of rotatable bonds is 6. The summed E-state index contributed by atoms with van der Waals surface area (Å²) < 4.78 is 10.9. The number of nitrogens with zero attached hydrogens (tertiary/aromatic N) is 2. The number of carbonyl (C=O) groups excluding carboxylic acids is 2. The van der Waals surface area contributed by atoms with Gasteiger partial charge in [0, 0.05) is 18.3 Å². The molecular formula is C27H24N2O4. The van der Waals surface area contributed by atoms with Crippen molar-refractivity contribution in [3.8, 4) is 11.5 Å². The Bertz CT molecular complexity index is 1260. The van der Waals surface area contributed by atoms with Gasteiger partial charge in [0.2, 0.25) is 0 Å². The predicted octanol–water partition coefficient (Wildman–Crippen LogP) is 4.44. The Morgan fingerprint density at radius 1 is 0.879 bits per heavy atom. The molecule has 0 atom stereocenters. The summed E-state index contributed by atoms with van der Waals surface area (Å²) >= 11 is 0. The summed E-state index contributed by atoms with van der Waals surface area (Å²) in [5.74, 6) is 0.612. The first-order valence-corrected chi connectivity index (χ1v) is 11.0. The van der Waals surface area contributed by atoms with E-state index in [0.717, 1.165) is 17.7 Å². The third kappa shape index (κ3) is 3.53. The Balaban J connectivity index is 1.64. The zero-order chi connectivity index (χ0) is 22.9. The number of ether oxygens (including phenoxy) is 2. The molecule has 6 nitrogen and oxygen atoms in total. The Hall–Kier alpha value is -4.06. The number of carbonyl (C=O) groups is 2. The number of benzene rings is 3. The molecular weight excluding hydrogens is 416 g/mol. The zero-order valence-electron chi connectivity index (χ0n) is 18.6. The van der Waals surface area contributed by atoms with Gasteiger partial charge in [-0.1, -0.05) is 36.4 Å². The molecule has 2 heterocycles. The normalized spacial score (nSPS) is 15.3. The van der Waals surface area contributed by atoms with Gasteiger partial charge in [0.25, 0.3) is 11.8 Å². The summed E-state index contributed by atoms with van der Waals surface area (Å²) in [6, 6.07) is 22.3. The van der Waals surface area contributed by atoms with Gasteiger partial charge in [0.1, 0.15) is 17.2 Å². The maximum Gasteiger partial charge on any atom is 0.282 e. The molecule has 0 unspecified atom stereocenters. The molecule has 0 aliphatic carbocycles. The van der Waals surface area contributed by atoms with Crippen molar-refractivity contribution >= 4 is 28.8 Å². The van der Waals surface area contributed by atoms with Gasteiger partial charge in [-0.25, -0.2) is 4.90 Å². The van der Waals surface area contributed by atoms with E-state index >= 15 is 0 Å². The van der Waals surface area contributed by atoms with Crippen LogP contribution in [0.3, 0.4) is 0 Å². The summed E-state index contributed by atoms with van der Waals surface area (Å²) in [7, 11) is 1.60. The molecule has 3 aromatic rings. The van der Waals surface area contributed by atoms with Crippen LogP contribution in [0.2, 0.25) is 0 Å². The fraction of sp³-hybridized carbons (Fsp3) is 0.185. The van der Waals surface area contributed by atoms with Crippen molar-refractivity contribution in [1.29, 1.82) is 0 Å². The average Bonchev–Trinajstić information content (AvgIpc) is 3.37. The highest BCUT2D eigenvalue weighted by molar-refractivity contribution is 6.46. The van der Waals surface area contributed by atoms with E-state index in [1.807, 2.05) is 48.2 Å². The number of anilines is 2. The number of amides is 2. The average molecular weight is 440 g/mol. The van der Waals surface area contributed by atoms with Gasteiger partial charge in [-0.2, -0.15) is 0 Å². The molecule has 0 fully saturated rings. The minimum atomic E-state index is -0.349. The van der Waals surface area contributed by atoms with Gasteiger partial charge in [-0.15, -0.1) is 0 Å². The van der Waals surface area contributed by atoms with E-state index in [-0.39, 0.29) is 11.8 Å². The van der Waals surface area contributed by atoms with Crippen LogP contribution >= 0.6 is 0 Å². The topological polar surface area (TPSA) is 59.1 Å². The second-order valence-corrected chi connectivity index (χ2v) is 7.86. The van der Waals surface area contributed by atoms with Crippen molar-refractivity contribution in [1.82, 2.24) is 0 Å². The van der Waals surface area contributed by atoms with Crippen LogP contribution in [0.25, 0.3) is 5.57 Å². The third-order valence-corrected chi connectivity index (χ3v) is 5.98. The number of methoxy groups -OCH3 is 1. The van der Waals surface area contributed by atoms with Gasteiger partial charge in [-0.3, -0.25) is 9.59 Å². The molecule has 0 saturated heterocycles. The molecule has 0 aromatic heterocycles. The SMILES string of the molecule is CCOc1cccc(N2C(=O)C(c3ccc(OC)cc3)=C(N3CCc4ccccc43)C2=O)c1. The molecule has 33 heavy (non-hydrogen) atoms. The highest BCUT2D eigenvalue weighted by Gasteiger charge is 2.44. The first-order valence-electron chi connectivity index (χ1n) is 11.0. The van der Waals surface area contributed by atoms with E-state index in [9.17, 15) is 9.59 Å². The highest BCUT2D eigenvalue weighted by atomic mass is 16.5. The van der Waals surface area contributed by atoms with Gasteiger partial charge in [0.05, 0.1) is 25.0 Å². The maximum atomic E-state index is 13.8. The van der Waals surface area contributed by atoms with Crippen molar-refractivity contribution in [2.24, 2.45) is 0 Å². The van der Waals surface area contributed by atoms with E-state index in [2.05, 4.69) is 6.07 Å². The molecule has 166 valence electrons. The highest BCUT2D eigenvalue weighted by Crippen LogP contribution is 2.40. The Morgan fingerprint density at radius 2 is 1.67 bits per heavy atom. The summed E-state index contributed by atoms with van der Waals surface area (Å²) in [4.78, 5) is 30.8. The van der Waals surface area contributed by atoms with Crippen LogP contribution < -0.4 is 19.3 Å². The molecule has 3 aromatic carbocycles. The minimum Gasteiger partial charge on any atom is -0.497 e. The first kappa shape index (κ1) is 20.8. The summed E-state index contributed by atoms with van der Waals surface area (Å²) in [5, 5.41) is 0. The van der Waals surface area contributed by atoms with Crippen LogP contribution in [0.5, 0.6) is 11.5 Å². The van der Waals surface area contributed by atoms with Gasteiger partial charge < -0.3 is 14.4 Å². The van der Waals surface area contributed by atoms with Crippen LogP contribution in [0.15, 0.2) is 78.5 Å². The quantitative estimate of drug-likeness (QED) is 0.531. The molecule has 0 saturated carbocycles. The Kier molecular flexibility index (Phi) is 5.34. The summed E-state index contributed by atoms with van der Waals surface area (Å²) in [5.41, 5.74) is 4.08. The fourth-order valence-electron chi connectivity index (χ4n) is 4.47. The lowest BCUT2D eigenvalue weighted by Crippen LogP contribution is -2.34. The van der Waals surface area contributed by atoms with Gasteiger partial charge in [-0.05, 0) is 54.8 Å². The zero-order valence-corrected chi connectivity index (χ0v) is 18.6. The van der Waals surface area contributed by atoms with E-state index in [1.54, 1.807) is 37.4 Å². The second-order valence-electron chi connectivity index (χ2n) is 7.86. The van der Waals surface area contributed by atoms with Crippen molar-refractivity contribution < 1.29 is 19.1 Å². The van der Waals surface area contributed by atoms with Gasteiger partial charge >= 0.3 is 0 Å². The fourth-order valence-corrected chi connectivity index (χ4v) is 4.47. The number of para-hydroxylation sites is 1.